The fourth-order valence-electron chi connectivity index (χ4n) is 1.32. The summed E-state index contributed by atoms with van der Waals surface area (Å²) < 4.78 is 0. The van der Waals surface area contributed by atoms with Gasteiger partial charge in [-0.3, -0.25) is 4.90 Å². The van der Waals surface area contributed by atoms with Crippen LogP contribution in [0.3, 0.4) is 0 Å². The lowest BCUT2D eigenvalue weighted by atomic mass is 9.99. The zero-order valence-electron chi connectivity index (χ0n) is 6.51. The van der Waals surface area contributed by atoms with Crippen LogP contribution < -0.4 is 0 Å². The molecule has 0 saturated carbocycles. The second kappa shape index (κ2) is 3.58. The summed E-state index contributed by atoms with van der Waals surface area (Å²) in [6, 6.07) is 2.18. The Hall–Kier alpha value is -0.550. The molecule has 2 nitrogen and oxygen atoms in total. The summed E-state index contributed by atoms with van der Waals surface area (Å²) >= 11 is 0. The lowest BCUT2D eigenvalue weighted by Crippen LogP contribution is -2.32. The van der Waals surface area contributed by atoms with Crippen LogP contribution in [0.25, 0.3) is 0 Å². The summed E-state index contributed by atoms with van der Waals surface area (Å²) in [5.41, 5.74) is 0. The van der Waals surface area contributed by atoms with E-state index in [9.17, 15) is 0 Å². The van der Waals surface area contributed by atoms with Crippen LogP contribution in [0.4, 0.5) is 0 Å². The van der Waals surface area contributed by atoms with E-state index in [1.54, 1.807) is 0 Å². The molecule has 1 aliphatic heterocycles. The first-order valence-corrected chi connectivity index (χ1v) is 3.92. The largest absolute Gasteiger partial charge is 0.291 e. The zero-order chi connectivity index (χ0) is 7.40. The molecule has 0 aromatic carbocycles. The van der Waals surface area contributed by atoms with Crippen molar-refractivity contribution < 1.29 is 0 Å². The van der Waals surface area contributed by atoms with Crippen LogP contribution in [0.2, 0.25) is 0 Å². The van der Waals surface area contributed by atoms with Crippen LogP contribution in [-0.4, -0.2) is 24.5 Å². The van der Waals surface area contributed by atoms with Crippen LogP contribution >= 0.6 is 0 Å². The minimum Gasteiger partial charge on any atom is -0.291 e. The van der Waals surface area contributed by atoms with Crippen molar-refractivity contribution in [3.8, 4) is 6.07 Å². The highest BCUT2D eigenvalue weighted by molar-refractivity contribution is 4.79. The number of nitrogens with zero attached hydrogens (tertiary/aromatic N) is 2. The second-order valence-corrected chi connectivity index (χ2v) is 3.12. The summed E-state index contributed by atoms with van der Waals surface area (Å²) in [4.78, 5) is 2.22. The fraction of sp³-hybridized carbons (Fsp3) is 0.875. The first-order valence-electron chi connectivity index (χ1n) is 3.92. The van der Waals surface area contributed by atoms with Crippen LogP contribution in [0, 0.1) is 17.2 Å². The van der Waals surface area contributed by atoms with Gasteiger partial charge in [0.1, 0.15) is 0 Å². The molecule has 56 valence electrons. The molecule has 0 aromatic heterocycles. The maximum atomic E-state index is 8.39. The quantitative estimate of drug-likeness (QED) is 0.510. The third-order valence-electron chi connectivity index (χ3n) is 2.17. The first kappa shape index (κ1) is 7.56. The van der Waals surface area contributed by atoms with Crippen molar-refractivity contribution in [3.05, 3.63) is 0 Å². The van der Waals surface area contributed by atoms with Gasteiger partial charge in [0.15, 0.2) is 0 Å². The topological polar surface area (TPSA) is 27.0 Å². The number of rotatable bonds is 1. The molecule has 1 saturated heterocycles. The van der Waals surface area contributed by atoms with Gasteiger partial charge in [-0.1, -0.05) is 6.92 Å². The molecule has 0 radical (unpaired) electrons. The van der Waals surface area contributed by atoms with Crippen molar-refractivity contribution in [2.45, 2.75) is 19.8 Å². The smallest absolute Gasteiger partial charge is 0.0865 e. The van der Waals surface area contributed by atoms with Gasteiger partial charge in [0.05, 0.1) is 12.6 Å². The Morgan fingerprint density at radius 2 is 2.10 bits per heavy atom. The Balaban J connectivity index is 2.21. The van der Waals surface area contributed by atoms with E-state index in [-0.39, 0.29) is 0 Å². The number of nitriles is 1. The predicted octanol–water partition coefficient (Wildman–Crippen LogP) is 1.24. The van der Waals surface area contributed by atoms with E-state index in [1.807, 2.05) is 0 Å². The van der Waals surface area contributed by atoms with E-state index >= 15 is 0 Å². The number of hydrogen-bond donors (Lipinski definition) is 0. The van der Waals surface area contributed by atoms with Crippen molar-refractivity contribution in [2.75, 3.05) is 19.6 Å². The number of likely N-dealkylation sites (tertiary alicyclic amines) is 1. The van der Waals surface area contributed by atoms with Crippen LogP contribution in [0.5, 0.6) is 0 Å². The Morgan fingerprint density at radius 3 is 2.60 bits per heavy atom. The van der Waals surface area contributed by atoms with Gasteiger partial charge in [0.25, 0.3) is 0 Å². The average molecular weight is 138 g/mol. The van der Waals surface area contributed by atoms with E-state index in [0.29, 0.717) is 6.54 Å². The highest BCUT2D eigenvalue weighted by atomic mass is 15.1. The Bertz CT molecular complexity index is 129. The van der Waals surface area contributed by atoms with Gasteiger partial charge in [0.2, 0.25) is 0 Å². The third kappa shape index (κ3) is 2.00. The molecule has 0 spiro atoms. The minimum absolute atomic E-state index is 0.618. The molecule has 1 heterocycles. The van der Waals surface area contributed by atoms with E-state index in [0.717, 1.165) is 19.0 Å². The number of piperidine rings is 1. The Kier molecular flexibility index (Phi) is 2.70. The minimum atomic E-state index is 0.618. The SMILES string of the molecule is CC1CCN(CC#N)CC1. The summed E-state index contributed by atoms with van der Waals surface area (Å²) in [5.74, 6) is 0.870. The van der Waals surface area contributed by atoms with Crippen molar-refractivity contribution >= 4 is 0 Å². The predicted molar refractivity (Wildman–Crippen MR) is 40.5 cm³/mol. The number of hydrogen-bond acceptors (Lipinski definition) is 2. The van der Waals surface area contributed by atoms with Crippen LogP contribution in [0.15, 0.2) is 0 Å². The second-order valence-electron chi connectivity index (χ2n) is 3.12. The molecule has 0 atom stereocenters. The monoisotopic (exact) mass is 138 g/mol. The highest BCUT2D eigenvalue weighted by Gasteiger charge is 2.14. The Labute approximate surface area is 62.4 Å². The van der Waals surface area contributed by atoms with E-state index in [4.69, 9.17) is 5.26 Å². The summed E-state index contributed by atoms with van der Waals surface area (Å²) in [6.07, 6.45) is 2.53. The molecule has 0 unspecified atom stereocenters. The molecule has 0 bridgehead atoms. The summed E-state index contributed by atoms with van der Waals surface area (Å²) in [7, 11) is 0. The summed E-state index contributed by atoms with van der Waals surface area (Å²) in [5, 5.41) is 8.39. The molecule has 1 fully saturated rings. The molecular weight excluding hydrogens is 124 g/mol. The lowest BCUT2D eigenvalue weighted by molar-refractivity contribution is 0.212. The molecule has 1 rings (SSSR count). The third-order valence-corrected chi connectivity index (χ3v) is 2.17. The van der Waals surface area contributed by atoms with E-state index in [2.05, 4.69) is 17.9 Å². The molecule has 2 heteroatoms. The molecule has 10 heavy (non-hydrogen) atoms. The Morgan fingerprint density at radius 1 is 1.50 bits per heavy atom. The van der Waals surface area contributed by atoms with Gasteiger partial charge in [0, 0.05) is 0 Å². The molecule has 0 N–H and O–H groups in total. The zero-order valence-corrected chi connectivity index (χ0v) is 6.51. The van der Waals surface area contributed by atoms with Crippen molar-refractivity contribution in [2.24, 2.45) is 5.92 Å². The standard InChI is InChI=1S/C8H14N2/c1-8-2-5-10(6-3-8)7-4-9/h8H,2-3,5-7H2,1H3. The maximum absolute atomic E-state index is 8.39. The van der Waals surface area contributed by atoms with Gasteiger partial charge in [-0.2, -0.15) is 5.26 Å². The molecule has 1 aliphatic rings. The highest BCUT2D eigenvalue weighted by Crippen LogP contribution is 2.14. The fourth-order valence-corrected chi connectivity index (χ4v) is 1.32. The van der Waals surface area contributed by atoms with Crippen molar-refractivity contribution in [1.82, 2.24) is 4.90 Å². The lowest BCUT2D eigenvalue weighted by Gasteiger charge is -2.27. The maximum Gasteiger partial charge on any atom is 0.0865 e. The van der Waals surface area contributed by atoms with Gasteiger partial charge < -0.3 is 0 Å². The molecular formula is C8H14N2. The van der Waals surface area contributed by atoms with Gasteiger partial charge in [-0.25, -0.2) is 0 Å². The van der Waals surface area contributed by atoms with Gasteiger partial charge >= 0.3 is 0 Å². The van der Waals surface area contributed by atoms with E-state index in [1.165, 1.54) is 12.8 Å². The molecule has 0 aromatic rings. The van der Waals surface area contributed by atoms with Crippen LogP contribution in [0.1, 0.15) is 19.8 Å². The van der Waals surface area contributed by atoms with Gasteiger partial charge in [-0.15, -0.1) is 0 Å². The van der Waals surface area contributed by atoms with Gasteiger partial charge in [-0.05, 0) is 31.8 Å². The first-order chi connectivity index (χ1) is 4.83. The van der Waals surface area contributed by atoms with Crippen molar-refractivity contribution in [1.29, 1.82) is 5.26 Å². The normalized spacial score (nSPS) is 22.4. The average Bonchev–Trinajstić information content (AvgIpc) is 1.95. The van der Waals surface area contributed by atoms with Crippen molar-refractivity contribution in [3.63, 3.8) is 0 Å². The summed E-state index contributed by atoms with van der Waals surface area (Å²) in [6.45, 7) is 5.14. The van der Waals surface area contributed by atoms with Crippen LogP contribution in [-0.2, 0) is 0 Å². The van der Waals surface area contributed by atoms with E-state index < -0.39 is 0 Å². The molecule has 0 amide bonds. The molecule has 0 aliphatic carbocycles.